The predicted octanol–water partition coefficient (Wildman–Crippen LogP) is 2.17. The van der Waals surface area contributed by atoms with Gasteiger partial charge in [-0.2, -0.15) is 0 Å². The average Bonchev–Trinajstić information content (AvgIpc) is 2.70. The van der Waals surface area contributed by atoms with E-state index >= 15 is 0 Å². The highest BCUT2D eigenvalue weighted by molar-refractivity contribution is 5.48. The van der Waals surface area contributed by atoms with Crippen molar-refractivity contribution in [2.75, 3.05) is 6.61 Å². The van der Waals surface area contributed by atoms with E-state index < -0.39 is 0 Å². The molecule has 1 rings (SSSR count). The maximum absolute atomic E-state index is 9.59. The number of aliphatic hydroxyl groups is 1. The highest BCUT2D eigenvalue weighted by Crippen LogP contribution is 2.19. The Morgan fingerprint density at radius 2 is 2.13 bits per heavy atom. The molecule has 0 aromatic carbocycles. The summed E-state index contributed by atoms with van der Waals surface area (Å²) < 4.78 is 5.37. The molecule has 3 heteroatoms. The maximum Gasteiger partial charge on any atom is 0.119 e. The van der Waals surface area contributed by atoms with Crippen molar-refractivity contribution in [2.45, 2.75) is 58.7 Å². The van der Waals surface area contributed by atoms with Crippen LogP contribution in [-0.4, -0.2) is 30.2 Å². The Balaban J connectivity index is 0.000000423. The molecule has 1 aliphatic rings. The zero-order valence-electron chi connectivity index (χ0n) is 10.1. The minimum atomic E-state index is -0.238. The van der Waals surface area contributed by atoms with Crippen molar-refractivity contribution in [1.82, 2.24) is 0 Å². The molecule has 90 valence electrons. The van der Waals surface area contributed by atoms with Crippen molar-refractivity contribution >= 4 is 6.29 Å². The summed E-state index contributed by atoms with van der Waals surface area (Å²) >= 11 is 0. The molecule has 1 fully saturated rings. The van der Waals surface area contributed by atoms with Crippen LogP contribution in [0.15, 0.2) is 0 Å². The van der Waals surface area contributed by atoms with Crippen molar-refractivity contribution in [2.24, 2.45) is 5.92 Å². The first-order valence-corrected chi connectivity index (χ1v) is 5.85. The molecule has 1 aliphatic heterocycles. The van der Waals surface area contributed by atoms with E-state index in [9.17, 15) is 9.90 Å². The number of hydrogen-bond donors (Lipinski definition) is 1. The van der Waals surface area contributed by atoms with Crippen LogP contribution < -0.4 is 0 Å². The fourth-order valence-electron chi connectivity index (χ4n) is 1.54. The van der Waals surface area contributed by atoms with Crippen molar-refractivity contribution in [1.29, 1.82) is 0 Å². The van der Waals surface area contributed by atoms with E-state index in [1.807, 2.05) is 6.92 Å². The van der Waals surface area contributed by atoms with Gasteiger partial charge in [-0.3, -0.25) is 0 Å². The van der Waals surface area contributed by atoms with Crippen LogP contribution in [0, 0.1) is 5.92 Å². The summed E-state index contributed by atoms with van der Waals surface area (Å²) in [4.78, 5) is 9.17. The Morgan fingerprint density at radius 3 is 2.47 bits per heavy atom. The van der Waals surface area contributed by atoms with Gasteiger partial charge in [-0.15, -0.1) is 0 Å². The lowest BCUT2D eigenvalue weighted by atomic mass is 10.0. The van der Waals surface area contributed by atoms with Gasteiger partial charge in [0, 0.05) is 13.0 Å². The van der Waals surface area contributed by atoms with Gasteiger partial charge in [0.2, 0.25) is 0 Å². The first-order valence-electron chi connectivity index (χ1n) is 5.85. The average molecular weight is 216 g/mol. The Kier molecular flexibility index (Phi) is 8.62. The van der Waals surface area contributed by atoms with E-state index in [1.54, 1.807) is 0 Å². The van der Waals surface area contributed by atoms with E-state index in [4.69, 9.17) is 4.74 Å². The highest BCUT2D eigenvalue weighted by atomic mass is 16.5. The molecule has 1 heterocycles. The third-order valence-corrected chi connectivity index (χ3v) is 2.27. The highest BCUT2D eigenvalue weighted by Gasteiger charge is 2.24. The van der Waals surface area contributed by atoms with Crippen molar-refractivity contribution in [3.8, 4) is 0 Å². The summed E-state index contributed by atoms with van der Waals surface area (Å²) in [6, 6.07) is 0. The molecule has 0 saturated carbocycles. The van der Waals surface area contributed by atoms with E-state index in [0.717, 1.165) is 32.2 Å². The number of carbonyl (C=O) groups excluding carboxylic acids is 1. The molecule has 15 heavy (non-hydrogen) atoms. The lowest BCUT2D eigenvalue weighted by molar-refractivity contribution is -0.107. The monoisotopic (exact) mass is 216 g/mol. The molecule has 0 aromatic rings. The van der Waals surface area contributed by atoms with E-state index in [1.165, 1.54) is 0 Å². The lowest BCUT2D eigenvalue weighted by Crippen LogP contribution is -2.26. The van der Waals surface area contributed by atoms with Gasteiger partial charge in [0.05, 0.1) is 12.2 Å². The number of aliphatic hydroxyl groups excluding tert-OH is 1. The zero-order chi connectivity index (χ0) is 11.7. The topological polar surface area (TPSA) is 46.5 Å². The van der Waals surface area contributed by atoms with Gasteiger partial charge < -0.3 is 14.6 Å². The number of rotatable bonds is 4. The number of hydrogen-bond acceptors (Lipinski definition) is 3. The zero-order valence-corrected chi connectivity index (χ0v) is 10.1. The predicted molar refractivity (Wildman–Crippen MR) is 60.8 cm³/mol. The Morgan fingerprint density at radius 1 is 1.53 bits per heavy atom. The number of ether oxygens (including phenoxy) is 1. The summed E-state index contributed by atoms with van der Waals surface area (Å²) in [6.45, 7) is 6.89. The first kappa shape index (κ1) is 14.6. The second kappa shape index (κ2) is 8.86. The molecule has 0 amide bonds. The van der Waals surface area contributed by atoms with Gasteiger partial charge >= 0.3 is 0 Å². The maximum atomic E-state index is 9.59. The van der Waals surface area contributed by atoms with Crippen LogP contribution in [0.4, 0.5) is 0 Å². The van der Waals surface area contributed by atoms with Gasteiger partial charge in [0.15, 0.2) is 0 Å². The van der Waals surface area contributed by atoms with Crippen LogP contribution in [0.1, 0.15) is 46.5 Å². The van der Waals surface area contributed by atoms with Crippen molar-refractivity contribution in [3.63, 3.8) is 0 Å². The van der Waals surface area contributed by atoms with Gasteiger partial charge in [-0.25, -0.2) is 0 Å². The fourth-order valence-corrected chi connectivity index (χ4v) is 1.54. The second-order valence-corrected chi connectivity index (χ2v) is 4.32. The molecule has 0 aromatic heterocycles. The third kappa shape index (κ3) is 7.51. The Hall–Kier alpha value is -0.410. The van der Waals surface area contributed by atoms with E-state index in [0.29, 0.717) is 12.3 Å². The molecule has 1 N–H and O–H groups in total. The van der Waals surface area contributed by atoms with E-state index in [2.05, 4.69) is 13.8 Å². The first-order chi connectivity index (χ1) is 7.11. The standard InChI is InChI=1S/C9H18O2.C3H6O/c1-7(2)6-8(10)9-4-3-5-11-9;1-2-3-4/h7-10H,3-6H2,1-2H3;3H,2H2,1H3. The van der Waals surface area contributed by atoms with Gasteiger partial charge in [0.25, 0.3) is 0 Å². The SMILES string of the molecule is CC(C)CC(O)C1CCCO1.CCC=O. The molecular weight excluding hydrogens is 192 g/mol. The van der Waals surface area contributed by atoms with Crippen molar-refractivity contribution in [3.05, 3.63) is 0 Å². The van der Waals surface area contributed by atoms with Crippen LogP contribution in [-0.2, 0) is 9.53 Å². The molecule has 2 unspecified atom stereocenters. The molecular formula is C12H24O3. The fraction of sp³-hybridized carbons (Fsp3) is 0.917. The van der Waals surface area contributed by atoms with Crippen LogP contribution in [0.2, 0.25) is 0 Å². The summed E-state index contributed by atoms with van der Waals surface area (Å²) in [5, 5.41) is 9.59. The summed E-state index contributed by atoms with van der Waals surface area (Å²) in [7, 11) is 0. The minimum Gasteiger partial charge on any atom is -0.390 e. The van der Waals surface area contributed by atoms with Crippen LogP contribution in [0.3, 0.4) is 0 Å². The number of aldehydes is 1. The molecule has 2 atom stereocenters. The molecule has 0 bridgehead atoms. The lowest BCUT2D eigenvalue weighted by Gasteiger charge is -2.18. The minimum absolute atomic E-state index is 0.123. The molecule has 0 radical (unpaired) electrons. The smallest absolute Gasteiger partial charge is 0.119 e. The molecule has 0 aliphatic carbocycles. The van der Waals surface area contributed by atoms with Gasteiger partial charge in [-0.05, 0) is 25.2 Å². The summed E-state index contributed by atoms with van der Waals surface area (Å²) in [5.41, 5.74) is 0. The molecule has 3 nitrogen and oxygen atoms in total. The molecule has 0 spiro atoms. The Labute approximate surface area is 92.8 Å². The second-order valence-electron chi connectivity index (χ2n) is 4.32. The van der Waals surface area contributed by atoms with Gasteiger partial charge in [-0.1, -0.05) is 20.8 Å². The largest absolute Gasteiger partial charge is 0.390 e. The summed E-state index contributed by atoms with van der Waals surface area (Å²) in [6.07, 6.45) is 4.41. The van der Waals surface area contributed by atoms with Crippen molar-refractivity contribution < 1.29 is 14.6 Å². The normalized spacial score (nSPS) is 22.1. The third-order valence-electron chi connectivity index (χ3n) is 2.27. The summed E-state index contributed by atoms with van der Waals surface area (Å²) in [5.74, 6) is 0.564. The van der Waals surface area contributed by atoms with Gasteiger partial charge in [0.1, 0.15) is 6.29 Å². The van der Waals surface area contributed by atoms with Crippen LogP contribution >= 0.6 is 0 Å². The quantitative estimate of drug-likeness (QED) is 0.733. The Bertz CT molecular complexity index is 151. The number of carbonyl (C=O) groups is 1. The van der Waals surface area contributed by atoms with Crippen LogP contribution in [0.25, 0.3) is 0 Å². The van der Waals surface area contributed by atoms with E-state index in [-0.39, 0.29) is 12.2 Å². The molecule has 1 saturated heterocycles. The van der Waals surface area contributed by atoms with Crippen LogP contribution in [0.5, 0.6) is 0 Å².